The molecule has 0 bridgehead atoms. The van der Waals surface area contributed by atoms with Gasteiger partial charge in [0.25, 0.3) is 0 Å². The molecule has 0 atom stereocenters. The van der Waals surface area contributed by atoms with E-state index in [4.69, 9.17) is 0 Å². The zero-order valence-corrected chi connectivity index (χ0v) is 11.6. The number of hydrogen-bond donors (Lipinski definition) is 0. The van der Waals surface area contributed by atoms with Gasteiger partial charge in [0.2, 0.25) is 0 Å². The van der Waals surface area contributed by atoms with Crippen molar-refractivity contribution < 1.29 is 0 Å². The van der Waals surface area contributed by atoms with Gasteiger partial charge in [-0.15, -0.1) is 0 Å². The SMILES string of the molecule is C=C/C=C(\CCC)c1ccc(C)cc1C(C)C. The lowest BCUT2D eigenvalue weighted by Gasteiger charge is -2.16. The standard InChI is InChI=1S/C17H24/c1-6-8-15(9-7-2)16-11-10-14(5)12-17(16)13(3)4/h6,8,10-13H,1,7,9H2,2-5H3/b15-8+. The van der Waals surface area contributed by atoms with E-state index in [-0.39, 0.29) is 0 Å². The highest BCUT2D eigenvalue weighted by Gasteiger charge is 2.10. The highest BCUT2D eigenvalue weighted by molar-refractivity contribution is 5.70. The van der Waals surface area contributed by atoms with E-state index in [1.807, 2.05) is 6.08 Å². The Morgan fingerprint density at radius 3 is 2.59 bits per heavy atom. The van der Waals surface area contributed by atoms with Gasteiger partial charge >= 0.3 is 0 Å². The molecule has 1 rings (SSSR count). The number of rotatable bonds is 5. The summed E-state index contributed by atoms with van der Waals surface area (Å²) >= 11 is 0. The number of hydrogen-bond acceptors (Lipinski definition) is 0. The van der Waals surface area contributed by atoms with E-state index in [1.54, 1.807) is 0 Å². The van der Waals surface area contributed by atoms with Gasteiger partial charge in [0.1, 0.15) is 0 Å². The van der Waals surface area contributed by atoms with Crippen molar-refractivity contribution in [2.75, 3.05) is 0 Å². The summed E-state index contributed by atoms with van der Waals surface area (Å²) in [4.78, 5) is 0. The van der Waals surface area contributed by atoms with Crippen molar-refractivity contribution in [3.8, 4) is 0 Å². The Morgan fingerprint density at radius 1 is 1.35 bits per heavy atom. The molecule has 1 aromatic rings. The zero-order chi connectivity index (χ0) is 12.8. The Balaban J connectivity index is 3.27. The van der Waals surface area contributed by atoms with Gasteiger partial charge in [-0.1, -0.05) is 69.7 Å². The zero-order valence-electron chi connectivity index (χ0n) is 11.6. The second kappa shape index (κ2) is 6.44. The predicted octanol–water partition coefficient (Wildman–Crippen LogP) is 5.49. The van der Waals surface area contributed by atoms with Crippen molar-refractivity contribution in [3.63, 3.8) is 0 Å². The van der Waals surface area contributed by atoms with Crippen LogP contribution >= 0.6 is 0 Å². The van der Waals surface area contributed by atoms with Gasteiger partial charge in [0.05, 0.1) is 0 Å². The number of benzene rings is 1. The van der Waals surface area contributed by atoms with Crippen LogP contribution in [0.3, 0.4) is 0 Å². The molecular weight excluding hydrogens is 204 g/mol. The van der Waals surface area contributed by atoms with E-state index in [9.17, 15) is 0 Å². The first-order chi connectivity index (χ1) is 8.10. The summed E-state index contributed by atoms with van der Waals surface area (Å²) in [7, 11) is 0. The molecule has 0 amide bonds. The van der Waals surface area contributed by atoms with Gasteiger partial charge in [0.15, 0.2) is 0 Å². The van der Waals surface area contributed by atoms with E-state index >= 15 is 0 Å². The van der Waals surface area contributed by atoms with Crippen LogP contribution in [0.15, 0.2) is 36.9 Å². The van der Waals surface area contributed by atoms with Crippen LogP contribution in [0.5, 0.6) is 0 Å². The van der Waals surface area contributed by atoms with Crippen molar-refractivity contribution in [1.82, 2.24) is 0 Å². The van der Waals surface area contributed by atoms with Crippen LogP contribution in [0, 0.1) is 6.92 Å². The Hall–Kier alpha value is -1.30. The molecule has 0 fully saturated rings. The summed E-state index contributed by atoms with van der Waals surface area (Å²) in [6, 6.07) is 6.77. The predicted molar refractivity (Wildman–Crippen MR) is 78.4 cm³/mol. The fourth-order valence-corrected chi connectivity index (χ4v) is 2.17. The summed E-state index contributed by atoms with van der Waals surface area (Å²) < 4.78 is 0. The molecule has 0 aromatic heterocycles. The summed E-state index contributed by atoms with van der Waals surface area (Å²) in [5, 5.41) is 0. The van der Waals surface area contributed by atoms with Crippen molar-refractivity contribution >= 4 is 5.57 Å². The fraction of sp³-hybridized carbons (Fsp3) is 0.412. The maximum atomic E-state index is 3.82. The summed E-state index contributed by atoms with van der Waals surface area (Å²) in [5.41, 5.74) is 5.59. The first-order valence-corrected chi connectivity index (χ1v) is 6.52. The molecule has 92 valence electrons. The third-order valence-corrected chi connectivity index (χ3v) is 3.01. The van der Waals surface area contributed by atoms with Gasteiger partial charge in [0, 0.05) is 0 Å². The Kier molecular flexibility index (Phi) is 5.21. The second-order valence-electron chi connectivity index (χ2n) is 4.92. The normalized spacial score (nSPS) is 11.9. The third kappa shape index (κ3) is 3.59. The molecule has 17 heavy (non-hydrogen) atoms. The number of allylic oxidation sites excluding steroid dienone is 3. The molecule has 0 heteroatoms. The molecule has 1 aromatic carbocycles. The maximum Gasteiger partial charge on any atom is -0.0190 e. The van der Waals surface area contributed by atoms with Gasteiger partial charge in [-0.2, -0.15) is 0 Å². The molecule has 0 heterocycles. The minimum atomic E-state index is 0.565. The summed E-state index contributed by atoms with van der Waals surface area (Å²) in [6.07, 6.45) is 6.34. The monoisotopic (exact) mass is 228 g/mol. The summed E-state index contributed by atoms with van der Waals surface area (Å²) in [6.45, 7) is 12.7. The van der Waals surface area contributed by atoms with E-state index in [0.717, 1.165) is 6.42 Å². The molecular formula is C17H24. The molecule has 0 nitrogen and oxygen atoms in total. The van der Waals surface area contributed by atoms with Gasteiger partial charge < -0.3 is 0 Å². The maximum absolute atomic E-state index is 3.82. The molecule has 0 radical (unpaired) electrons. The minimum absolute atomic E-state index is 0.565. The third-order valence-electron chi connectivity index (χ3n) is 3.01. The van der Waals surface area contributed by atoms with Gasteiger partial charge in [-0.3, -0.25) is 0 Å². The largest absolute Gasteiger partial charge is 0.0991 e. The molecule has 0 unspecified atom stereocenters. The average molecular weight is 228 g/mol. The summed E-state index contributed by atoms with van der Waals surface area (Å²) in [5.74, 6) is 0.565. The van der Waals surface area contributed by atoms with Crippen molar-refractivity contribution in [2.24, 2.45) is 0 Å². The smallest absolute Gasteiger partial charge is 0.0190 e. The van der Waals surface area contributed by atoms with E-state index in [0.29, 0.717) is 5.92 Å². The number of aryl methyl sites for hydroxylation is 1. The van der Waals surface area contributed by atoms with Crippen LogP contribution in [0.1, 0.15) is 56.2 Å². The minimum Gasteiger partial charge on any atom is -0.0991 e. The molecule has 0 aliphatic rings. The quantitative estimate of drug-likeness (QED) is 0.585. The molecule has 0 aliphatic carbocycles. The Bertz CT molecular complexity index is 408. The highest BCUT2D eigenvalue weighted by atomic mass is 14.1. The Labute approximate surface area is 106 Å². The topological polar surface area (TPSA) is 0 Å². The first-order valence-electron chi connectivity index (χ1n) is 6.52. The average Bonchev–Trinajstić information content (AvgIpc) is 2.28. The highest BCUT2D eigenvalue weighted by Crippen LogP contribution is 2.29. The van der Waals surface area contributed by atoms with Crippen molar-refractivity contribution in [1.29, 1.82) is 0 Å². The van der Waals surface area contributed by atoms with Crippen LogP contribution in [-0.2, 0) is 0 Å². The lowest BCUT2D eigenvalue weighted by Crippen LogP contribution is -1.97. The van der Waals surface area contributed by atoms with Crippen LogP contribution in [0.2, 0.25) is 0 Å². The molecule has 0 N–H and O–H groups in total. The van der Waals surface area contributed by atoms with Gasteiger partial charge in [-0.05, 0) is 36.0 Å². The molecule has 0 spiro atoms. The van der Waals surface area contributed by atoms with Crippen LogP contribution in [0.25, 0.3) is 5.57 Å². The van der Waals surface area contributed by atoms with Crippen LogP contribution in [-0.4, -0.2) is 0 Å². The first kappa shape index (κ1) is 13.8. The van der Waals surface area contributed by atoms with E-state index in [1.165, 1.54) is 28.7 Å². The van der Waals surface area contributed by atoms with Crippen molar-refractivity contribution in [2.45, 2.75) is 46.5 Å². The van der Waals surface area contributed by atoms with Crippen LogP contribution in [0.4, 0.5) is 0 Å². The lowest BCUT2D eigenvalue weighted by molar-refractivity contribution is 0.856. The molecule has 0 saturated carbocycles. The van der Waals surface area contributed by atoms with Crippen molar-refractivity contribution in [3.05, 3.63) is 53.6 Å². The molecule has 0 aliphatic heterocycles. The Morgan fingerprint density at radius 2 is 2.06 bits per heavy atom. The fourth-order valence-electron chi connectivity index (χ4n) is 2.17. The van der Waals surface area contributed by atoms with Gasteiger partial charge in [-0.25, -0.2) is 0 Å². The second-order valence-corrected chi connectivity index (χ2v) is 4.92. The van der Waals surface area contributed by atoms with Crippen LogP contribution < -0.4 is 0 Å². The van der Waals surface area contributed by atoms with E-state index < -0.39 is 0 Å². The molecule has 0 saturated heterocycles. The van der Waals surface area contributed by atoms with E-state index in [2.05, 4.69) is 58.5 Å². The lowest BCUT2D eigenvalue weighted by atomic mass is 9.89.